The van der Waals surface area contributed by atoms with Crippen molar-refractivity contribution >= 4 is 23.6 Å². The molecule has 0 saturated carbocycles. The third-order valence-corrected chi connectivity index (χ3v) is 5.51. The number of amides is 3. The number of cyclic esters (lactones) is 1. The maximum Gasteiger partial charge on any atom is 0.414 e. The first-order valence-electron chi connectivity index (χ1n) is 10.8. The lowest BCUT2D eigenvalue weighted by atomic mass is 10.2. The fourth-order valence-electron chi connectivity index (χ4n) is 3.69. The lowest BCUT2D eigenvalue weighted by Crippen LogP contribution is -2.33. The van der Waals surface area contributed by atoms with Gasteiger partial charge in [-0.05, 0) is 30.3 Å². The Balaban J connectivity index is 1.38. The number of aromatic nitrogens is 3. The number of hydrogen-bond acceptors (Lipinski definition) is 5. The zero-order valence-electron chi connectivity index (χ0n) is 18.8. The smallest absolute Gasteiger partial charge is 0.414 e. The molecule has 1 aliphatic rings. The second-order valence-corrected chi connectivity index (χ2v) is 7.97. The van der Waals surface area contributed by atoms with E-state index in [4.69, 9.17) is 4.74 Å². The van der Waals surface area contributed by atoms with Gasteiger partial charge in [0.2, 0.25) is 5.91 Å². The van der Waals surface area contributed by atoms with Crippen molar-refractivity contribution in [1.82, 2.24) is 24.8 Å². The Morgan fingerprint density at radius 1 is 1.26 bits per heavy atom. The van der Waals surface area contributed by atoms with Crippen LogP contribution in [0.5, 0.6) is 0 Å². The zero-order chi connectivity index (χ0) is 24.2. The number of imidazole rings is 1. The van der Waals surface area contributed by atoms with Crippen LogP contribution in [0.2, 0.25) is 0 Å². The Morgan fingerprint density at radius 2 is 2.09 bits per heavy atom. The molecule has 10 nitrogen and oxygen atoms in total. The van der Waals surface area contributed by atoms with Crippen LogP contribution >= 0.6 is 0 Å². The predicted molar refractivity (Wildman–Crippen MR) is 121 cm³/mol. The summed E-state index contributed by atoms with van der Waals surface area (Å²) in [5.74, 6) is -1.17. The van der Waals surface area contributed by atoms with Crippen molar-refractivity contribution in [3.05, 3.63) is 66.3 Å². The molecule has 0 spiro atoms. The maximum atomic E-state index is 14.9. The van der Waals surface area contributed by atoms with E-state index in [1.165, 1.54) is 41.0 Å². The van der Waals surface area contributed by atoms with Gasteiger partial charge in [0.25, 0.3) is 5.91 Å². The van der Waals surface area contributed by atoms with Crippen LogP contribution in [0.25, 0.3) is 5.69 Å². The molecule has 1 unspecified atom stereocenters. The summed E-state index contributed by atoms with van der Waals surface area (Å²) in [5.41, 5.74) is 1.77. The van der Waals surface area contributed by atoms with E-state index in [0.29, 0.717) is 18.7 Å². The standard InChI is InChI=1S/C23H25FN6O4/c1-15(31)26-11-18-12-30(23(33)34-18)17-5-6-21(19(24)10-17)29-13-20(27-14-29)22(32)25-8-7-16-4-3-9-28(16)2/h3-6,9-10,13-14,18H,7-8,11-12H2,1-2H3,(H,25,32)(H,26,31). The molecule has 178 valence electrons. The number of carbonyl (C=O) groups excluding carboxylic acids is 3. The molecule has 34 heavy (non-hydrogen) atoms. The Hall–Kier alpha value is -4.15. The van der Waals surface area contributed by atoms with E-state index in [9.17, 15) is 18.8 Å². The van der Waals surface area contributed by atoms with E-state index >= 15 is 0 Å². The minimum Gasteiger partial charge on any atom is -0.442 e. The molecular weight excluding hydrogens is 443 g/mol. The molecule has 1 aromatic carbocycles. The van der Waals surface area contributed by atoms with Crippen molar-refractivity contribution in [3.8, 4) is 5.69 Å². The number of aryl methyl sites for hydroxylation is 1. The first-order chi connectivity index (χ1) is 16.3. The van der Waals surface area contributed by atoms with Crippen LogP contribution in [0.3, 0.4) is 0 Å². The molecule has 3 aromatic rings. The minimum atomic E-state index is -0.612. The second kappa shape index (κ2) is 9.77. The van der Waals surface area contributed by atoms with Crippen molar-refractivity contribution < 1.29 is 23.5 Å². The number of anilines is 1. The van der Waals surface area contributed by atoms with E-state index in [1.54, 1.807) is 6.07 Å². The normalized spacial score (nSPS) is 15.3. The van der Waals surface area contributed by atoms with E-state index < -0.39 is 18.0 Å². The summed E-state index contributed by atoms with van der Waals surface area (Å²) in [6.07, 6.45) is 4.29. The van der Waals surface area contributed by atoms with Crippen molar-refractivity contribution in [2.24, 2.45) is 7.05 Å². The molecule has 0 aliphatic carbocycles. The third-order valence-electron chi connectivity index (χ3n) is 5.51. The van der Waals surface area contributed by atoms with Crippen LogP contribution in [-0.4, -0.2) is 57.8 Å². The number of carbonyl (C=O) groups is 3. The zero-order valence-corrected chi connectivity index (χ0v) is 18.8. The van der Waals surface area contributed by atoms with Gasteiger partial charge < -0.3 is 24.5 Å². The van der Waals surface area contributed by atoms with E-state index in [2.05, 4.69) is 15.6 Å². The Bertz CT molecular complexity index is 1220. The third kappa shape index (κ3) is 5.08. The molecule has 1 saturated heterocycles. The second-order valence-electron chi connectivity index (χ2n) is 7.97. The molecule has 11 heteroatoms. The fourth-order valence-corrected chi connectivity index (χ4v) is 3.69. The Kier molecular flexibility index (Phi) is 6.62. The van der Waals surface area contributed by atoms with Crippen LogP contribution in [0.4, 0.5) is 14.9 Å². The van der Waals surface area contributed by atoms with Gasteiger partial charge in [-0.25, -0.2) is 14.2 Å². The van der Waals surface area contributed by atoms with Gasteiger partial charge in [0.05, 0.1) is 24.5 Å². The highest BCUT2D eigenvalue weighted by Crippen LogP contribution is 2.25. The van der Waals surface area contributed by atoms with Crippen molar-refractivity contribution in [3.63, 3.8) is 0 Å². The van der Waals surface area contributed by atoms with Crippen LogP contribution in [0, 0.1) is 5.82 Å². The molecule has 2 aromatic heterocycles. The molecule has 1 aliphatic heterocycles. The van der Waals surface area contributed by atoms with Crippen LogP contribution in [-0.2, 0) is 23.0 Å². The summed E-state index contributed by atoms with van der Waals surface area (Å²) >= 11 is 0. The number of rotatable bonds is 8. The number of hydrogen-bond donors (Lipinski definition) is 2. The first kappa shape index (κ1) is 23.0. The van der Waals surface area contributed by atoms with Gasteiger partial charge in [0.15, 0.2) is 0 Å². The SMILES string of the molecule is CC(=O)NCC1CN(c2ccc(-n3cnc(C(=O)NCCc4cccn4C)c3)c(F)c2)C(=O)O1. The molecule has 0 bridgehead atoms. The molecule has 0 radical (unpaired) electrons. The summed E-state index contributed by atoms with van der Waals surface area (Å²) in [6, 6.07) is 8.22. The van der Waals surface area contributed by atoms with E-state index in [0.717, 1.165) is 5.69 Å². The quantitative estimate of drug-likeness (QED) is 0.524. The van der Waals surface area contributed by atoms with Crippen LogP contribution in [0.15, 0.2) is 49.1 Å². The summed E-state index contributed by atoms with van der Waals surface area (Å²) in [5, 5.41) is 5.40. The molecule has 3 amide bonds. The number of benzene rings is 1. The van der Waals surface area contributed by atoms with Gasteiger partial charge in [-0.3, -0.25) is 14.5 Å². The Morgan fingerprint density at radius 3 is 2.79 bits per heavy atom. The predicted octanol–water partition coefficient (Wildman–Crippen LogP) is 1.78. The highest BCUT2D eigenvalue weighted by Gasteiger charge is 2.32. The van der Waals surface area contributed by atoms with Gasteiger partial charge in [-0.2, -0.15) is 0 Å². The molecule has 1 fully saturated rings. The van der Waals surface area contributed by atoms with E-state index in [-0.39, 0.29) is 36.3 Å². The van der Waals surface area contributed by atoms with E-state index in [1.807, 2.05) is 29.9 Å². The average molecular weight is 468 g/mol. The molecule has 1 atom stereocenters. The average Bonchev–Trinajstić information content (AvgIpc) is 3.53. The summed E-state index contributed by atoms with van der Waals surface area (Å²) < 4.78 is 23.5. The van der Waals surface area contributed by atoms with Crippen molar-refractivity contribution in [1.29, 1.82) is 0 Å². The summed E-state index contributed by atoms with van der Waals surface area (Å²) in [4.78, 5) is 41.0. The maximum absolute atomic E-state index is 14.9. The summed E-state index contributed by atoms with van der Waals surface area (Å²) in [7, 11) is 1.94. The largest absolute Gasteiger partial charge is 0.442 e. The fraction of sp³-hybridized carbons (Fsp3) is 0.304. The number of nitrogens with one attached hydrogen (secondary N) is 2. The van der Waals surface area contributed by atoms with Gasteiger partial charge in [0.1, 0.15) is 23.9 Å². The van der Waals surface area contributed by atoms with Gasteiger partial charge in [0, 0.05) is 45.0 Å². The molecule has 4 rings (SSSR count). The topological polar surface area (TPSA) is 110 Å². The van der Waals surface area contributed by atoms with Crippen molar-refractivity contribution in [2.75, 3.05) is 24.5 Å². The summed E-state index contributed by atoms with van der Waals surface area (Å²) in [6.45, 7) is 2.19. The number of ether oxygens (including phenoxy) is 1. The van der Waals surface area contributed by atoms with Crippen LogP contribution < -0.4 is 15.5 Å². The van der Waals surface area contributed by atoms with Gasteiger partial charge >= 0.3 is 6.09 Å². The molecule has 3 heterocycles. The first-order valence-corrected chi connectivity index (χ1v) is 10.8. The lowest BCUT2D eigenvalue weighted by Gasteiger charge is -2.14. The minimum absolute atomic E-state index is 0.166. The van der Waals surface area contributed by atoms with Crippen molar-refractivity contribution in [2.45, 2.75) is 19.4 Å². The number of halogens is 1. The molecule has 2 N–H and O–H groups in total. The molecular formula is C23H25FN6O4. The Labute approximate surface area is 195 Å². The van der Waals surface area contributed by atoms with Gasteiger partial charge in [-0.15, -0.1) is 0 Å². The lowest BCUT2D eigenvalue weighted by molar-refractivity contribution is -0.119. The van der Waals surface area contributed by atoms with Crippen LogP contribution in [0.1, 0.15) is 23.1 Å². The highest BCUT2D eigenvalue weighted by molar-refractivity contribution is 5.92. The number of nitrogens with zero attached hydrogens (tertiary/aromatic N) is 4. The highest BCUT2D eigenvalue weighted by atomic mass is 19.1. The van der Waals surface area contributed by atoms with Gasteiger partial charge in [-0.1, -0.05) is 0 Å². The monoisotopic (exact) mass is 468 g/mol.